The van der Waals surface area contributed by atoms with E-state index < -0.39 is 0 Å². The molecule has 168 valence electrons. The molecule has 2 amide bonds. The summed E-state index contributed by atoms with van der Waals surface area (Å²) in [5.41, 5.74) is 3.67. The van der Waals surface area contributed by atoms with Gasteiger partial charge in [0.25, 0.3) is 0 Å². The zero-order valence-corrected chi connectivity index (χ0v) is 19.0. The van der Waals surface area contributed by atoms with E-state index in [9.17, 15) is 9.59 Å². The molecule has 0 bridgehead atoms. The van der Waals surface area contributed by atoms with Crippen LogP contribution in [0.15, 0.2) is 60.7 Å². The average Bonchev–Trinajstić information content (AvgIpc) is 3.18. The molecule has 1 aromatic heterocycles. The third-order valence-electron chi connectivity index (χ3n) is 4.87. The number of benzene rings is 2. The number of aromatic nitrogens is 2. The molecule has 32 heavy (non-hydrogen) atoms. The Morgan fingerprint density at radius 2 is 1.78 bits per heavy atom. The summed E-state index contributed by atoms with van der Waals surface area (Å²) in [7, 11) is 1.47. The summed E-state index contributed by atoms with van der Waals surface area (Å²) in [6, 6.07) is 19.5. The van der Waals surface area contributed by atoms with Crippen molar-refractivity contribution in [1.29, 1.82) is 0 Å². The van der Waals surface area contributed by atoms with E-state index in [0.29, 0.717) is 12.4 Å². The number of nitrogens with one attached hydrogen (secondary N) is 1. The molecule has 3 rings (SSSR count). The molecule has 0 aliphatic rings. The number of nitrogens with zero attached hydrogens (tertiary/aromatic N) is 3. The summed E-state index contributed by atoms with van der Waals surface area (Å²) in [5, 5.41) is 7.67. The van der Waals surface area contributed by atoms with Crippen molar-refractivity contribution < 1.29 is 14.3 Å². The SMILES string of the molecule is COCC(=O)N(CC(=O)Nc1cc(-c2ccccc2)nn1-c1ccc(C)cc1)CC(C)C. The fourth-order valence-corrected chi connectivity index (χ4v) is 3.37. The highest BCUT2D eigenvalue weighted by Crippen LogP contribution is 2.25. The molecule has 0 atom stereocenters. The minimum Gasteiger partial charge on any atom is -0.375 e. The number of carbonyl (C=O) groups excluding carboxylic acids is 2. The highest BCUT2D eigenvalue weighted by Gasteiger charge is 2.20. The van der Waals surface area contributed by atoms with E-state index in [1.54, 1.807) is 4.68 Å². The van der Waals surface area contributed by atoms with Gasteiger partial charge in [0.2, 0.25) is 11.8 Å². The maximum atomic E-state index is 12.9. The molecule has 1 heterocycles. The van der Waals surface area contributed by atoms with Crippen molar-refractivity contribution in [2.75, 3.05) is 32.1 Å². The molecule has 0 aliphatic heterocycles. The van der Waals surface area contributed by atoms with Gasteiger partial charge in [-0.05, 0) is 25.0 Å². The number of ether oxygens (including phenoxy) is 1. The summed E-state index contributed by atoms with van der Waals surface area (Å²) in [6.07, 6.45) is 0. The predicted molar refractivity (Wildman–Crippen MR) is 126 cm³/mol. The highest BCUT2D eigenvalue weighted by molar-refractivity contribution is 5.94. The molecule has 0 aliphatic carbocycles. The van der Waals surface area contributed by atoms with Crippen LogP contribution in [0, 0.1) is 12.8 Å². The first-order chi connectivity index (χ1) is 15.4. The number of anilines is 1. The van der Waals surface area contributed by atoms with Crippen LogP contribution in [0.25, 0.3) is 16.9 Å². The second-order valence-corrected chi connectivity index (χ2v) is 8.18. The number of rotatable bonds is 9. The van der Waals surface area contributed by atoms with Crippen LogP contribution in [-0.2, 0) is 14.3 Å². The maximum Gasteiger partial charge on any atom is 0.249 e. The van der Waals surface area contributed by atoms with Gasteiger partial charge in [0, 0.05) is 25.3 Å². The molecule has 0 unspecified atom stereocenters. The van der Waals surface area contributed by atoms with Gasteiger partial charge in [0.15, 0.2) is 0 Å². The largest absolute Gasteiger partial charge is 0.375 e. The van der Waals surface area contributed by atoms with E-state index in [2.05, 4.69) is 5.32 Å². The molecular formula is C25H30N4O3. The Morgan fingerprint density at radius 1 is 1.09 bits per heavy atom. The summed E-state index contributed by atoms with van der Waals surface area (Å²) < 4.78 is 6.68. The van der Waals surface area contributed by atoms with Gasteiger partial charge in [-0.15, -0.1) is 0 Å². The van der Waals surface area contributed by atoms with Crippen molar-refractivity contribution in [3.05, 3.63) is 66.2 Å². The third kappa shape index (κ3) is 6.04. The van der Waals surface area contributed by atoms with E-state index in [0.717, 1.165) is 22.5 Å². The first-order valence-electron chi connectivity index (χ1n) is 10.7. The fraction of sp³-hybridized carbons (Fsp3) is 0.320. The molecule has 0 fully saturated rings. The minimum absolute atomic E-state index is 0.0554. The van der Waals surface area contributed by atoms with E-state index in [-0.39, 0.29) is 30.9 Å². The summed E-state index contributed by atoms with van der Waals surface area (Å²) in [6.45, 7) is 6.39. The van der Waals surface area contributed by atoms with Gasteiger partial charge in [-0.25, -0.2) is 4.68 Å². The monoisotopic (exact) mass is 434 g/mol. The van der Waals surface area contributed by atoms with Crippen molar-refractivity contribution >= 4 is 17.6 Å². The fourth-order valence-electron chi connectivity index (χ4n) is 3.37. The van der Waals surface area contributed by atoms with Crippen LogP contribution in [-0.4, -0.2) is 53.3 Å². The van der Waals surface area contributed by atoms with Crippen LogP contribution in [0.3, 0.4) is 0 Å². The molecular weight excluding hydrogens is 404 g/mol. The third-order valence-corrected chi connectivity index (χ3v) is 4.87. The van der Waals surface area contributed by atoms with Crippen LogP contribution in [0.2, 0.25) is 0 Å². The summed E-state index contributed by atoms with van der Waals surface area (Å²) in [4.78, 5) is 26.8. The van der Waals surface area contributed by atoms with Crippen LogP contribution in [0.5, 0.6) is 0 Å². The quantitative estimate of drug-likeness (QED) is 0.554. The van der Waals surface area contributed by atoms with E-state index >= 15 is 0 Å². The lowest BCUT2D eigenvalue weighted by atomic mass is 10.1. The van der Waals surface area contributed by atoms with Crippen LogP contribution in [0.4, 0.5) is 5.82 Å². The second-order valence-electron chi connectivity index (χ2n) is 8.18. The van der Waals surface area contributed by atoms with Crippen LogP contribution >= 0.6 is 0 Å². The first kappa shape index (κ1) is 23.2. The Labute approximate surface area is 189 Å². The van der Waals surface area contributed by atoms with E-state index in [1.165, 1.54) is 12.0 Å². The van der Waals surface area contributed by atoms with Crippen molar-refractivity contribution in [1.82, 2.24) is 14.7 Å². The summed E-state index contributed by atoms with van der Waals surface area (Å²) in [5.74, 6) is 0.268. The Hall–Kier alpha value is -3.45. The average molecular weight is 435 g/mol. The Morgan fingerprint density at radius 3 is 2.41 bits per heavy atom. The van der Waals surface area contributed by atoms with Gasteiger partial charge in [-0.3, -0.25) is 9.59 Å². The van der Waals surface area contributed by atoms with Crippen molar-refractivity contribution in [3.63, 3.8) is 0 Å². The minimum atomic E-state index is -0.289. The molecule has 2 aromatic carbocycles. The van der Waals surface area contributed by atoms with Gasteiger partial charge in [0.1, 0.15) is 12.4 Å². The molecule has 0 spiro atoms. The zero-order chi connectivity index (χ0) is 23.1. The number of hydrogen-bond acceptors (Lipinski definition) is 4. The standard InChI is InChI=1S/C25H30N4O3/c1-18(2)15-28(25(31)17-32-4)16-24(30)26-23-14-22(20-8-6-5-7-9-20)27-29(23)21-12-10-19(3)11-13-21/h5-14,18H,15-17H2,1-4H3,(H,26,30). The molecule has 0 radical (unpaired) electrons. The first-order valence-corrected chi connectivity index (χ1v) is 10.7. The van der Waals surface area contributed by atoms with Crippen molar-refractivity contribution in [3.8, 4) is 16.9 Å². The van der Waals surface area contributed by atoms with Crippen LogP contribution in [0.1, 0.15) is 19.4 Å². The smallest absolute Gasteiger partial charge is 0.249 e. The van der Waals surface area contributed by atoms with Gasteiger partial charge < -0.3 is 15.0 Å². The molecule has 0 saturated heterocycles. The number of amides is 2. The summed E-state index contributed by atoms with van der Waals surface area (Å²) >= 11 is 0. The Balaban J connectivity index is 1.88. The molecule has 1 N–H and O–H groups in total. The number of aryl methyl sites for hydroxylation is 1. The molecule has 7 heteroatoms. The molecule has 7 nitrogen and oxygen atoms in total. The number of carbonyl (C=O) groups is 2. The highest BCUT2D eigenvalue weighted by atomic mass is 16.5. The second kappa shape index (κ2) is 10.7. The Bertz CT molecular complexity index is 1040. The number of methoxy groups -OCH3 is 1. The lowest BCUT2D eigenvalue weighted by Gasteiger charge is -2.23. The maximum absolute atomic E-state index is 12.9. The van der Waals surface area contributed by atoms with Gasteiger partial charge >= 0.3 is 0 Å². The van der Waals surface area contributed by atoms with Crippen molar-refractivity contribution in [2.24, 2.45) is 5.92 Å². The lowest BCUT2D eigenvalue weighted by molar-refractivity contribution is -0.138. The normalized spacial score (nSPS) is 10.9. The van der Waals surface area contributed by atoms with Gasteiger partial charge in [-0.2, -0.15) is 5.10 Å². The van der Waals surface area contributed by atoms with E-state index in [1.807, 2.05) is 81.4 Å². The van der Waals surface area contributed by atoms with E-state index in [4.69, 9.17) is 9.84 Å². The topological polar surface area (TPSA) is 76.5 Å². The zero-order valence-electron chi connectivity index (χ0n) is 19.0. The van der Waals surface area contributed by atoms with Crippen LogP contribution < -0.4 is 5.32 Å². The Kier molecular flexibility index (Phi) is 7.78. The van der Waals surface area contributed by atoms with Gasteiger partial charge in [-0.1, -0.05) is 61.9 Å². The van der Waals surface area contributed by atoms with Gasteiger partial charge in [0.05, 0.1) is 17.9 Å². The number of hydrogen-bond donors (Lipinski definition) is 1. The molecule has 0 saturated carbocycles. The lowest BCUT2D eigenvalue weighted by Crippen LogP contribution is -2.42. The molecule has 3 aromatic rings. The van der Waals surface area contributed by atoms with Crippen molar-refractivity contribution in [2.45, 2.75) is 20.8 Å². The predicted octanol–water partition coefficient (Wildman–Crippen LogP) is 3.92.